The summed E-state index contributed by atoms with van der Waals surface area (Å²) in [6, 6.07) is 39.6. The molecular formula is C48H45NO. The van der Waals surface area contributed by atoms with Crippen LogP contribution in [0.1, 0.15) is 88.5 Å². The molecule has 5 aromatic carbocycles. The Hall–Kier alpha value is -4.30. The van der Waals surface area contributed by atoms with Crippen molar-refractivity contribution >= 4 is 39.0 Å². The number of hydrogen-bond donors (Lipinski definition) is 0. The van der Waals surface area contributed by atoms with Crippen LogP contribution in [0.25, 0.3) is 33.1 Å². The quantitative estimate of drug-likeness (QED) is 0.189. The zero-order valence-corrected chi connectivity index (χ0v) is 29.7. The SMILES string of the molecule is CC1(C)CCC(C)(C)c2c(N(c3ccc4c(c3)-c3ccccc3C43C4CC5CC6CC3C64C5)c3ccc4c(c3)oc3ccccc34)cccc21. The number of fused-ring (bicyclic) bond motifs is 12. The van der Waals surface area contributed by atoms with Gasteiger partial charge in [0.15, 0.2) is 0 Å². The topological polar surface area (TPSA) is 16.4 Å². The van der Waals surface area contributed by atoms with Crippen molar-refractivity contribution in [1.82, 2.24) is 0 Å². The minimum atomic E-state index is 0.0549. The highest BCUT2D eigenvalue weighted by Gasteiger charge is 2.84. The molecule has 6 atom stereocenters. The van der Waals surface area contributed by atoms with Crippen LogP contribution >= 0.6 is 0 Å². The van der Waals surface area contributed by atoms with Crippen LogP contribution in [0.15, 0.2) is 108 Å². The van der Waals surface area contributed by atoms with Gasteiger partial charge in [0.1, 0.15) is 11.2 Å². The van der Waals surface area contributed by atoms with E-state index in [1.165, 1.54) is 82.9 Å². The maximum atomic E-state index is 6.52. The molecule has 4 saturated carbocycles. The number of para-hydroxylation sites is 1. The van der Waals surface area contributed by atoms with E-state index in [0.717, 1.165) is 40.5 Å². The molecule has 2 spiro atoms. The van der Waals surface area contributed by atoms with E-state index in [0.29, 0.717) is 5.41 Å². The van der Waals surface area contributed by atoms with Gasteiger partial charge in [-0.25, -0.2) is 0 Å². The summed E-state index contributed by atoms with van der Waals surface area (Å²) >= 11 is 0. The van der Waals surface area contributed by atoms with Crippen molar-refractivity contribution in [1.29, 1.82) is 0 Å². The molecule has 0 N–H and O–H groups in total. The standard InChI is InChI=1S/C48H45NO/c1-45(2)20-21-46(3,4)44-38(45)13-9-14-39(44)49(31-16-18-34-33-11-6-8-15-40(33)50-41(34)26-31)30-17-19-37-35(25-30)32-10-5-7-12-36(32)48(37)42-23-28-22-29-24-43(48)47(29,42)27-28/h5-19,25-26,28-29,42-43H,20-24,27H2,1-4H3. The largest absolute Gasteiger partial charge is 0.456 e. The maximum Gasteiger partial charge on any atom is 0.137 e. The predicted molar refractivity (Wildman–Crippen MR) is 205 cm³/mol. The summed E-state index contributed by atoms with van der Waals surface area (Å²) < 4.78 is 6.52. The van der Waals surface area contributed by atoms with Crippen molar-refractivity contribution < 1.29 is 4.42 Å². The highest BCUT2D eigenvalue weighted by Crippen LogP contribution is 2.89. The summed E-state index contributed by atoms with van der Waals surface area (Å²) in [5.41, 5.74) is 15.8. The molecule has 0 aliphatic heterocycles. The van der Waals surface area contributed by atoms with Crippen LogP contribution in [-0.2, 0) is 16.2 Å². The van der Waals surface area contributed by atoms with Crippen LogP contribution < -0.4 is 4.90 Å². The lowest BCUT2D eigenvalue weighted by molar-refractivity contribution is -0.231. The van der Waals surface area contributed by atoms with Crippen molar-refractivity contribution in [3.63, 3.8) is 0 Å². The second kappa shape index (κ2) is 8.94. The molecule has 2 bridgehead atoms. The first-order valence-corrected chi connectivity index (χ1v) is 19.3. The zero-order valence-electron chi connectivity index (χ0n) is 29.7. The third-order valence-corrected chi connectivity index (χ3v) is 15.6. The molecule has 0 radical (unpaired) electrons. The number of nitrogens with zero attached hydrogens (tertiary/aromatic N) is 1. The summed E-state index contributed by atoms with van der Waals surface area (Å²) in [7, 11) is 0. The minimum Gasteiger partial charge on any atom is -0.456 e. The molecule has 248 valence electrons. The fourth-order valence-electron chi connectivity index (χ4n) is 13.6. The number of rotatable bonds is 3. The van der Waals surface area contributed by atoms with E-state index < -0.39 is 0 Å². The second-order valence-corrected chi connectivity index (χ2v) is 18.4. The first-order chi connectivity index (χ1) is 24.2. The third-order valence-electron chi connectivity index (χ3n) is 15.6. The molecule has 12 rings (SSSR count). The van der Waals surface area contributed by atoms with Gasteiger partial charge in [-0.05, 0) is 148 Å². The van der Waals surface area contributed by atoms with Crippen molar-refractivity contribution in [2.75, 3.05) is 4.90 Å². The highest BCUT2D eigenvalue weighted by atomic mass is 16.3. The predicted octanol–water partition coefficient (Wildman–Crippen LogP) is 12.7. The van der Waals surface area contributed by atoms with Gasteiger partial charge in [-0.2, -0.15) is 0 Å². The molecule has 6 aromatic rings. The Morgan fingerprint density at radius 2 is 1.32 bits per heavy atom. The monoisotopic (exact) mass is 651 g/mol. The van der Waals surface area contributed by atoms with E-state index in [2.05, 4.69) is 136 Å². The van der Waals surface area contributed by atoms with Gasteiger partial charge < -0.3 is 9.32 Å². The number of hydrogen-bond acceptors (Lipinski definition) is 2. The van der Waals surface area contributed by atoms with Gasteiger partial charge in [0.25, 0.3) is 0 Å². The van der Waals surface area contributed by atoms with Gasteiger partial charge in [-0.1, -0.05) is 88.4 Å². The average molecular weight is 652 g/mol. The average Bonchev–Trinajstić information content (AvgIpc) is 3.84. The smallest absolute Gasteiger partial charge is 0.137 e. The van der Waals surface area contributed by atoms with Gasteiger partial charge >= 0.3 is 0 Å². The normalized spacial score (nSPS) is 31.2. The molecule has 6 unspecified atom stereocenters. The fourth-order valence-corrected chi connectivity index (χ4v) is 13.6. The number of furan rings is 1. The van der Waals surface area contributed by atoms with Crippen LogP contribution in [0.3, 0.4) is 0 Å². The highest BCUT2D eigenvalue weighted by molar-refractivity contribution is 6.06. The van der Waals surface area contributed by atoms with Gasteiger partial charge in [0, 0.05) is 33.6 Å². The first-order valence-electron chi connectivity index (χ1n) is 19.3. The Labute approximate surface area is 295 Å². The number of benzene rings is 5. The summed E-state index contributed by atoms with van der Waals surface area (Å²) in [6.45, 7) is 9.80. The maximum absolute atomic E-state index is 6.52. The lowest BCUT2D eigenvalue weighted by Gasteiger charge is -2.76. The van der Waals surface area contributed by atoms with Crippen molar-refractivity contribution in [3.8, 4) is 11.1 Å². The Kier molecular flexibility index (Phi) is 5.08. The summed E-state index contributed by atoms with van der Waals surface area (Å²) in [5, 5.41) is 2.35. The molecule has 1 aromatic heterocycles. The summed E-state index contributed by atoms with van der Waals surface area (Å²) in [6.07, 6.45) is 8.27. The molecule has 2 heteroatoms. The molecule has 0 amide bonds. The van der Waals surface area contributed by atoms with E-state index in [1.54, 1.807) is 11.1 Å². The summed E-state index contributed by atoms with van der Waals surface area (Å²) in [4.78, 5) is 2.57. The van der Waals surface area contributed by atoms with Crippen LogP contribution in [-0.4, -0.2) is 0 Å². The van der Waals surface area contributed by atoms with E-state index >= 15 is 0 Å². The number of anilines is 3. The van der Waals surface area contributed by atoms with Crippen LogP contribution in [0, 0.1) is 29.1 Å². The molecule has 4 fully saturated rings. The first kappa shape index (κ1) is 28.4. The van der Waals surface area contributed by atoms with Gasteiger partial charge in [0.2, 0.25) is 0 Å². The third kappa shape index (κ3) is 3.12. The molecule has 2 nitrogen and oxygen atoms in total. The Morgan fingerprint density at radius 1 is 0.600 bits per heavy atom. The van der Waals surface area contributed by atoms with Crippen LogP contribution in [0.4, 0.5) is 17.1 Å². The molecule has 50 heavy (non-hydrogen) atoms. The van der Waals surface area contributed by atoms with Crippen LogP contribution in [0.2, 0.25) is 0 Å². The van der Waals surface area contributed by atoms with E-state index in [-0.39, 0.29) is 16.2 Å². The van der Waals surface area contributed by atoms with Gasteiger partial charge in [-0.3, -0.25) is 0 Å². The van der Waals surface area contributed by atoms with Gasteiger partial charge in [-0.15, -0.1) is 0 Å². The Morgan fingerprint density at radius 3 is 2.22 bits per heavy atom. The van der Waals surface area contributed by atoms with E-state index in [1.807, 2.05) is 0 Å². The lowest BCUT2D eigenvalue weighted by Crippen LogP contribution is -2.73. The molecule has 6 aliphatic rings. The fraction of sp³-hybridized carbons (Fsp3) is 0.375. The molecule has 6 aliphatic carbocycles. The van der Waals surface area contributed by atoms with Gasteiger partial charge in [0.05, 0.1) is 5.69 Å². The Balaban J connectivity index is 1.10. The zero-order chi connectivity index (χ0) is 33.4. The molecule has 0 saturated heterocycles. The summed E-state index contributed by atoms with van der Waals surface area (Å²) in [5.74, 6) is 3.60. The Bertz CT molecular complexity index is 2460. The van der Waals surface area contributed by atoms with E-state index in [9.17, 15) is 0 Å². The van der Waals surface area contributed by atoms with Crippen molar-refractivity contribution in [3.05, 3.63) is 125 Å². The molecular weight excluding hydrogens is 607 g/mol. The lowest BCUT2D eigenvalue weighted by atomic mass is 9.27. The van der Waals surface area contributed by atoms with E-state index in [4.69, 9.17) is 4.42 Å². The van der Waals surface area contributed by atoms with Crippen molar-refractivity contribution in [2.24, 2.45) is 29.1 Å². The van der Waals surface area contributed by atoms with Crippen LogP contribution in [0.5, 0.6) is 0 Å². The van der Waals surface area contributed by atoms with Crippen molar-refractivity contribution in [2.45, 2.75) is 82.5 Å². The molecule has 1 heterocycles. The second-order valence-electron chi connectivity index (χ2n) is 18.4. The minimum absolute atomic E-state index is 0.0549.